The lowest BCUT2D eigenvalue weighted by molar-refractivity contribution is 0.397. The van der Waals surface area contributed by atoms with Crippen LogP contribution in [0.15, 0.2) is 53.7 Å². The van der Waals surface area contributed by atoms with Gasteiger partial charge >= 0.3 is 0 Å². The van der Waals surface area contributed by atoms with Crippen LogP contribution >= 0.6 is 0 Å². The fraction of sp³-hybridized carbons (Fsp3) is 0.400. The summed E-state index contributed by atoms with van der Waals surface area (Å²) in [6, 6.07) is 14.7. The van der Waals surface area contributed by atoms with Crippen molar-refractivity contribution in [3.63, 3.8) is 0 Å². The van der Waals surface area contributed by atoms with Crippen LogP contribution in [0.1, 0.15) is 30.4 Å². The van der Waals surface area contributed by atoms with E-state index in [4.69, 9.17) is 9.73 Å². The van der Waals surface area contributed by atoms with Gasteiger partial charge in [-0.25, -0.2) is 9.98 Å². The van der Waals surface area contributed by atoms with Gasteiger partial charge in [-0.3, -0.25) is 0 Å². The first-order valence-electron chi connectivity index (χ1n) is 8.87. The number of methoxy groups -OCH3 is 1. The van der Waals surface area contributed by atoms with Gasteiger partial charge in [0.05, 0.1) is 13.7 Å². The molecule has 25 heavy (non-hydrogen) atoms. The van der Waals surface area contributed by atoms with Crippen molar-refractivity contribution in [3.05, 3.63) is 59.8 Å². The Morgan fingerprint density at radius 1 is 1.32 bits per heavy atom. The van der Waals surface area contributed by atoms with Crippen LogP contribution in [0.2, 0.25) is 0 Å². The van der Waals surface area contributed by atoms with Gasteiger partial charge in [0.25, 0.3) is 0 Å². The van der Waals surface area contributed by atoms with E-state index < -0.39 is 0 Å². The van der Waals surface area contributed by atoms with Gasteiger partial charge in [-0.05, 0) is 30.5 Å². The number of rotatable bonds is 5. The summed E-state index contributed by atoms with van der Waals surface area (Å²) in [4.78, 5) is 11.3. The van der Waals surface area contributed by atoms with Crippen molar-refractivity contribution in [2.75, 3.05) is 26.7 Å². The normalized spacial score (nSPS) is 17.6. The molecule has 5 nitrogen and oxygen atoms in total. The molecule has 2 aromatic rings. The largest absolute Gasteiger partial charge is 0.481 e. The van der Waals surface area contributed by atoms with Crippen molar-refractivity contribution >= 4 is 5.96 Å². The van der Waals surface area contributed by atoms with Crippen molar-refractivity contribution in [2.24, 2.45) is 4.99 Å². The van der Waals surface area contributed by atoms with Gasteiger partial charge in [0.2, 0.25) is 5.88 Å². The maximum absolute atomic E-state index is 5.19. The number of pyridine rings is 1. The van der Waals surface area contributed by atoms with Gasteiger partial charge in [-0.1, -0.05) is 30.3 Å². The Hall–Kier alpha value is -2.56. The second-order valence-electron chi connectivity index (χ2n) is 6.22. The fourth-order valence-corrected chi connectivity index (χ4v) is 3.20. The van der Waals surface area contributed by atoms with E-state index in [2.05, 4.69) is 52.5 Å². The molecule has 0 spiro atoms. The second kappa shape index (κ2) is 8.51. The number of benzene rings is 1. The standard InChI is InChI=1S/C20H26N4O/c1-3-21-20(23-14-16-9-11-22-19(13-16)25-2)24-12-10-18(15-24)17-7-5-4-6-8-17/h4-9,11,13,18H,3,10,12,14-15H2,1-2H3,(H,21,23). The summed E-state index contributed by atoms with van der Waals surface area (Å²) < 4.78 is 5.19. The number of nitrogens with zero attached hydrogens (tertiary/aromatic N) is 3. The zero-order valence-electron chi connectivity index (χ0n) is 15.0. The number of guanidine groups is 1. The zero-order chi connectivity index (χ0) is 17.5. The predicted molar refractivity (Wildman–Crippen MR) is 101 cm³/mol. The summed E-state index contributed by atoms with van der Waals surface area (Å²) >= 11 is 0. The molecule has 0 amide bonds. The molecule has 1 saturated heterocycles. The van der Waals surface area contributed by atoms with Crippen LogP contribution in [-0.2, 0) is 6.54 Å². The van der Waals surface area contributed by atoms with Gasteiger partial charge in [0.15, 0.2) is 5.96 Å². The number of nitrogens with one attached hydrogen (secondary N) is 1. The first-order valence-corrected chi connectivity index (χ1v) is 8.87. The third-order valence-corrected chi connectivity index (χ3v) is 4.51. The highest BCUT2D eigenvalue weighted by molar-refractivity contribution is 5.80. The van der Waals surface area contributed by atoms with E-state index in [9.17, 15) is 0 Å². The summed E-state index contributed by atoms with van der Waals surface area (Å²) in [6.45, 7) is 5.63. The smallest absolute Gasteiger partial charge is 0.213 e. The maximum atomic E-state index is 5.19. The van der Waals surface area contributed by atoms with E-state index in [-0.39, 0.29) is 0 Å². The fourth-order valence-electron chi connectivity index (χ4n) is 3.20. The number of hydrogen-bond acceptors (Lipinski definition) is 3. The number of likely N-dealkylation sites (tertiary alicyclic amines) is 1. The Labute approximate surface area is 149 Å². The molecule has 2 heterocycles. The molecule has 3 rings (SSSR count). The average molecular weight is 338 g/mol. The summed E-state index contributed by atoms with van der Waals surface area (Å²) in [5.74, 6) is 2.19. The van der Waals surface area contributed by atoms with Crippen LogP contribution in [0.25, 0.3) is 0 Å². The van der Waals surface area contributed by atoms with E-state index in [1.165, 1.54) is 5.56 Å². The molecule has 1 fully saturated rings. The highest BCUT2D eigenvalue weighted by atomic mass is 16.5. The quantitative estimate of drug-likeness (QED) is 0.672. The molecular weight excluding hydrogens is 312 g/mol. The first kappa shape index (κ1) is 17.3. The third kappa shape index (κ3) is 4.50. The van der Waals surface area contributed by atoms with Gasteiger partial charge in [0.1, 0.15) is 0 Å². The maximum Gasteiger partial charge on any atom is 0.213 e. The Balaban J connectivity index is 1.68. The van der Waals surface area contributed by atoms with Crippen molar-refractivity contribution < 1.29 is 4.74 Å². The minimum Gasteiger partial charge on any atom is -0.481 e. The molecule has 1 aliphatic heterocycles. The van der Waals surface area contributed by atoms with Crippen LogP contribution in [0.3, 0.4) is 0 Å². The molecule has 1 unspecified atom stereocenters. The molecule has 0 radical (unpaired) electrons. The summed E-state index contributed by atoms with van der Waals surface area (Å²) in [6.07, 6.45) is 2.93. The van der Waals surface area contributed by atoms with E-state index in [1.54, 1.807) is 13.3 Å². The highest BCUT2D eigenvalue weighted by Gasteiger charge is 2.25. The summed E-state index contributed by atoms with van der Waals surface area (Å²) in [5.41, 5.74) is 2.51. The highest BCUT2D eigenvalue weighted by Crippen LogP contribution is 2.27. The summed E-state index contributed by atoms with van der Waals surface area (Å²) in [5, 5.41) is 3.42. The number of aromatic nitrogens is 1. The molecule has 0 saturated carbocycles. The van der Waals surface area contributed by atoms with Crippen molar-refractivity contribution in [2.45, 2.75) is 25.8 Å². The van der Waals surface area contributed by atoms with Gasteiger partial charge in [-0.2, -0.15) is 0 Å². The van der Waals surface area contributed by atoms with Crippen LogP contribution in [0.5, 0.6) is 5.88 Å². The summed E-state index contributed by atoms with van der Waals surface area (Å²) in [7, 11) is 1.63. The van der Waals surface area contributed by atoms with Gasteiger partial charge in [0, 0.05) is 37.8 Å². The molecule has 5 heteroatoms. The Morgan fingerprint density at radius 2 is 2.16 bits per heavy atom. The monoisotopic (exact) mass is 338 g/mol. The van der Waals surface area contributed by atoms with E-state index in [1.807, 2.05) is 12.1 Å². The lowest BCUT2D eigenvalue weighted by Crippen LogP contribution is -2.40. The molecule has 0 aliphatic carbocycles. The topological polar surface area (TPSA) is 49.8 Å². The third-order valence-electron chi connectivity index (χ3n) is 4.51. The molecule has 1 atom stereocenters. The zero-order valence-corrected chi connectivity index (χ0v) is 15.0. The number of aliphatic imine (C=N–C) groups is 1. The van der Waals surface area contributed by atoms with Crippen LogP contribution in [-0.4, -0.2) is 42.6 Å². The SMILES string of the molecule is CCNC(=NCc1ccnc(OC)c1)N1CCC(c2ccccc2)C1. The lowest BCUT2D eigenvalue weighted by Gasteiger charge is -2.21. The van der Waals surface area contributed by atoms with Crippen molar-refractivity contribution in [1.82, 2.24) is 15.2 Å². The number of hydrogen-bond donors (Lipinski definition) is 1. The van der Waals surface area contributed by atoms with Crippen LogP contribution in [0.4, 0.5) is 0 Å². The molecule has 132 valence electrons. The predicted octanol–water partition coefficient (Wildman–Crippen LogP) is 3.05. The van der Waals surface area contributed by atoms with Crippen LogP contribution < -0.4 is 10.1 Å². The molecule has 1 aromatic heterocycles. The Morgan fingerprint density at radius 3 is 2.92 bits per heavy atom. The molecule has 1 N–H and O–H groups in total. The van der Waals surface area contributed by atoms with Gasteiger partial charge in [-0.15, -0.1) is 0 Å². The molecular formula is C20H26N4O. The molecule has 1 aromatic carbocycles. The van der Waals surface area contributed by atoms with E-state index in [0.29, 0.717) is 18.3 Å². The molecule has 0 bridgehead atoms. The van der Waals surface area contributed by atoms with E-state index in [0.717, 1.165) is 37.6 Å². The van der Waals surface area contributed by atoms with Crippen molar-refractivity contribution in [3.8, 4) is 5.88 Å². The minimum atomic E-state index is 0.575. The van der Waals surface area contributed by atoms with Crippen LogP contribution in [0, 0.1) is 0 Å². The Kier molecular flexibility index (Phi) is 5.88. The van der Waals surface area contributed by atoms with Gasteiger partial charge < -0.3 is 15.0 Å². The van der Waals surface area contributed by atoms with Crippen molar-refractivity contribution in [1.29, 1.82) is 0 Å². The lowest BCUT2D eigenvalue weighted by atomic mass is 9.99. The second-order valence-corrected chi connectivity index (χ2v) is 6.22. The average Bonchev–Trinajstić information content (AvgIpc) is 3.16. The number of ether oxygens (including phenoxy) is 1. The first-order chi connectivity index (χ1) is 12.3. The Bertz CT molecular complexity index is 702. The molecule has 1 aliphatic rings. The van der Waals surface area contributed by atoms with E-state index >= 15 is 0 Å². The minimum absolute atomic E-state index is 0.575.